The smallest absolute Gasteiger partial charge is 0.232 e. The Balaban J connectivity index is 2.86. The molecule has 1 unspecified atom stereocenters. The Hall–Kier alpha value is -0.660. The molecule has 0 aliphatic rings. The quantitative estimate of drug-likeness (QED) is 0.743. The van der Waals surface area contributed by atoms with Gasteiger partial charge in [0.05, 0.1) is 11.9 Å². The van der Waals surface area contributed by atoms with Crippen LogP contribution in [0.15, 0.2) is 24.3 Å². The molecule has 1 atom stereocenters. The van der Waals surface area contributed by atoms with Crippen LogP contribution in [0.1, 0.15) is 13.8 Å². The van der Waals surface area contributed by atoms with Crippen LogP contribution in [0.2, 0.25) is 0 Å². The molecule has 0 amide bonds. The Labute approximate surface area is 89.9 Å². The number of halogens is 1. The molecule has 0 N–H and O–H groups in total. The van der Waals surface area contributed by atoms with Crippen molar-refractivity contribution in [3.05, 3.63) is 30.1 Å². The minimum atomic E-state index is -3.01. The van der Waals surface area contributed by atoms with Crippen molar-refractivity contribution >= 4 is 12.7 Å². The van der Waals surface area contributed by atoms with Crippen LogP contribution in [0.25, 0.3) is 0 Å². The average molecular weight is 230 g/mol. The second kappa shape index (κ2) is 4.91. The van der Waals surface area contributed by atoms with Gasteiger partial charge in [0.15, 0.2) is 0 Å². The molecule has 0 bridgehead atoms. The van der Waals surface area contributed by atoms with Crippen LogP contribution in [0, 0.1) is 11.7 Å². The molecule has 0 heterocycles. The van der Waals surface area contributed by atoms with Gasteiger partial charge in [0.25, 0.3) is 0 Å². The first-order valence-electron chi connectivity index (χ1n) is 4.90. The lowest BCUT2D eigenvalue weighted by Gasteiger charge is -2.16. The first kappa shape index (κ1) is 12.4. The van der Waals surface area contributed by atoms with Gasteiger partial charge in [-0.3, -0.25) is 4.57 Å². The molecule has 0 saturated carbocycles. The van der Waals surface area contributed by atoms with E-state index in [1.807, 2.05) is 13.8 Å². The third kappa shape index (κ3) is 3.44. The first-order valence-corrected chi connectivity index (χ1v) is 6.98. The monoisotopic (exact) mass is 230 g/mol. The molecule has 0 aliphatic carbocycles. The molecule has 0 aromatic heterocycles. The summed E-state index contributed by atoms with van der Waals surface area (Å²) in [6.07, 6.45) is 0. The summed E-state index contributed by atoms with van der Waals surface area (Å²) in [5.41, 5.74) is 0. The Kier molecular flexibility index (Phi) is 4.06. The van der Waals surface area contributed by atoms with Gasteiger partial charge in [-0.25, -0.2) is 4.39 Å². The van der Waals surface area contributed by atoms with E-state index in [9.17, 15) is 8.96 Å². The molecule has 1 aromatic rings. The van der Waals surface area contributed by atoms with E-state index in [4.69, 9.17) is 4.52 Å². The first-order chi connectivity index (χ1) is 6.93. The maximum atomic E-state index is 13.4. The molecule has 0 saturated heterocycles. The summed E-state index contributed by atoms with van der Waals surface area (Å²) >= 11 is 0. The van der Waals surface area contributed by atoms with Crippen molar-refractivity contribution in [3.63, 3.8) is 0 Å². The molecule has 0 radical (unpaired) electrons. The van der Waals surface area contributed by atoms with Crippen LogP contribution in [0.3, 0.4) is 0 Å². The zero-order valence-electron chi connectivity index (χ0n) is 9.24. The molecule has 15 heavy (non-hydrogen) atoms. The van der Waals surface area contributed by atoms with E-state index in [-0.39, 0.29) is 11.2 Å². The highest BCUT2D eigenvalue weighted by molar-refractivity contribution is 7.66. The van der Waals surface area contributed by atoms with Crippen LogP contribution in [0.5, 0.6) is 0 Å². The van der Waals surface area contributed by atoms with Gasteiger partial charge < -0.3 is 4.52 Å². The van der Waals surface area contributed by atoms with Crippen LogP contribution in [-0.4, -0.2) is 13.3 Å². The largest absolute Gasteiger partial charge is 0.325 e. The fourth-order valence-corrected chi connectivity index (χ4v) is 2.68. The van der Waals surface area contributed by atoms with Gasteiger partial charge >= 0.3 is 0 Å². The van der Waals surface area contributed by atoms with Gasteiger partial charge in [0.2, 0.25) is 7.37 Å². The topological polar surface area (TPSA) is 26.3 Å². The lowest BCUT2D eigenvalue weighted by atomic mass is 10.2. The third-order valence-corrected chi connectivity index (χ3v) is 3.82. The number of hydrogen-bond acceptors (Lipinski definition) is 2. The van der Waals surface area contributed by atoms with Gasteiger partial charge in [-0.2, -0.15) is 0 Å². The second-order valence-electron chi connectivity index (χ2n) is 3.99. The van der Waals surface area contributed by atoms with E-state index in [2.05, 4.69) is 0 Å². The summed E-state index contributed by atoms with van der Waals surface area (Å²) in [5.74, 6) is -0.183. The average Bonchev–Trinajstić information content (AvgIpc) is 2.15. The second-order valence-corrected chi connectivity index (χ2v) is 6.42. The molecule has 1 rings (SSSR count). The van der Waals surface area contributed by atoms with Crippen LogP contribution in [-0.2, 0) is 9.09 Å². The Bertz CT molecular complexity index is 377. The lowest BCUT2D eigenvalue weighted by molar-refractivity contribution is 0.278. The van der Waals surface area contributed by atoms with E-state index in [1.165, 1.54) is 18.8 Å². The van der Waals surface area contributed by atoms with Gasteiger partial charge in [0, 0.05) is 6.66 Å². The fourth-order valence-electron chi connectivity index (χ4n) is 1.14. The molecule has 4 heteroatoms. The standard InChI is InChI=1S/C11H16FO2P/c1-9(2)8-14-15(3,13)11-7-5-4-6-10(11)12/h4-7,9H,8H2,1-3H3. The van der Waals surface area contributed by atoms with E-state index in [0.717, 1.165) is 0 Å². The molecule has 0 aliphatic heterocycles. The van der Waals surface area contributed by atoms with Crippen molar-refractivity contribution < 1.29 is 13.5 Å². The molecule has 1 aromatic carbocycles. The zero-order valence-corrected chi connectivity index (χ0v) is 10.1. The molecule has 0 spiro atoms. The van der Waals surface area contributed by atoms with Crippen LogP contribution >= 0.6 is 7.37 Å². The van der Waals surface area contributed by atoms with Gasteiger partial charge in [0.1, 0.15) is 5.82 Å². The van der Waals surface area contributed by atoms with E-state index in [1.54, 1.807) is 12.1 Å². The normalized spacial score (nSPS) is 15.3. The lowest BCUT2D eigenvalue weighted by Crippen LogP contribution is -2.13. The summed E-state index contributed by atoms with van der Waals surface area (Å²) in [7, 11) is -3.01. The fraction of sp³-hybridized carbons (Fsp3) is 0.455. The Morgan fingerprint density at radius 2 is 2.00 bits per heavy atom. The number of rotatable bonds is 4. The highest BCUT2D eigenvalue weighted by Gasteiger charge is 2.23. The summed E-state index contributed by atoms with van der Waals surface area (Å²) in [6.45, 7) is 5.75. The minimum Gasteiger partial charge on any atom is -0.325 e. The van der Waals surface area contributed by atoms with Crippen molar-refractivity contribution in [1.29, 1.82) is 0 Å². The maximum Gasteiger partial charge on any atom is 0.232 e. The van der Waals surface area contributed by atoms with Crippen molar-refractivity contribution in [1.82, 2.24) is 0 Å². The highest BCUT2D eigenvalue weighted by atomic mass is 31.2. The summed E-state index contributed by atoms with van der Waals surface area (Å²) < 4.78 is 30.7. The summed E-state index contributed by atoms with van der Waals surface area (Å²) in [6, 6.07) is 6.04. The van der Waals surface area contributed by atoms with Crippen LogP contribution in [0.4, 0.5) is 4.39 Å². The van der Waals surface area contributed by atoms with Crippen molar-refractivity contribution in [2.75, 3.05) is 13.3 Å². The van der Waals surface area contributed by atoms with Crippen molar-refractivity contribution in [2.24, 2.45) is 5.92 Å². The van der Waals surface area contributed by atoms with Crippen molar-refractivity contribution in [3.8, 4) is 0 Å². The molecule has 84 valence electrons. The third-order valence-electron chi connectivity index (χ3n) is 1.94. The maximum absolute atomic E-state index is 13.4. The van der Waals surface area contributed by atoms with Gasteiger partial charge in [-0.15, -0.1) is 0 Å². The van der Waals surface area contributed by atoms with Crippen molar-refractivity contribution in [2.45, 2.75) is 13.8 Å². The predicted octanol–water partition coefficient (Wildman–Crippen LogP) is 3.03. The van der Waals surface area contributed by atoms with E-state index in [0.29, 0.717) is 6.61 Å². The number of benzene rings is 1. The Morgan fingerprint density at radius 3 is 2.53 bits per heavy atom. The SMILES string of the molecule is CC(C)COP(C)(=O)c1ccccc1F. The predicted molar refractivity (Wildman–Crippen MR) is 60.4 cm³/mol. The Morgan fingerprint density at radius 1 is 1.40 bits per heavy atom. The molecular formula is C11H16FO2P. The summed E-state index contributed by atoms with van der Waals surface area (Å²) in [4.78, 5) is 0. The van der Waals surface area contributed by atoms with E-state index < -0.39 is 13.2 Å². The van der Waals surface area contributed by atoms with Gasteiger partial charge in [-0.1, -0.05) is 26.0 Å². The zero-order chi connectivity index (χ0) is 11.5. The molecular weight excluding hydrogens is 214 g/mol. The van der Waals surface area contributed by atoms with E-state index >= 15 is 0 Å². The molecule has 2 nitrogen and oxygen atoms in total. The highest BCUT2D eigenvalue weighted by Crippen LogP contribution is 2.42. The summed E-state index contributed by atoms with van der Waals surface area (Å²) in [5, 5.41) is 0.172. The number of hydrogen-bond donors (Lipinski definition) is 0. The van der Waals surface area contributed by atoms with Crippen LogP contribution < -0.4 is 5.30 Å². The molecule has 0 fully saturated rings. The minimum absolute atomic E-state index is 0.172. The van der Waals surface area contributed by atoms with Gasteiger partial charge in [-0.05, 0) is 18.1 Å².